The van der Waals surface area contributed by atoms with E-state index in [0.717, 1.165) is 16.8 Å². The number of para-hydroxylation sites is 1. The molecule has 1 unspecified atom stereocenters. The van der Waals surface area contributed by atoms with Crippen LogP contribution in [0.5, 0.6) is 0 Å². The van der Waals surface area contributed by atoms with Crippen LogP contribution in [-0.4, -0.2) is 25.4 Å². The molecule has 2 N–H and O–H groups in total. The number of rotatable bonds is 0. The Kier molecular flexibility index (Phi) is 2.04. The van der Waals surface area contributed by atoms with Crippen molar-refractivity contribution in [1.29, 1.82) is 0 Å². The van der Waals surface area contributed by atoms with Gasteiger partial charge in [-0.2, -0.15) is 0 Å². The summed E-state index contributed by atoms with van der Waals surface area (Å²) in [5, 5.41) is 0. The van der Waals surface area contributed by atoms with Gasteiger partial charge in [-0.05, 0) is 18.6 Å². The summed E-state index contributed by atoms with van der Waals surface area (Å²) in [5.41, 5.74) is 8.66. The van der Waals surface area contributed by atoms with Crippen LogP contribution in [0.25, 0.3) is 0 Å². The summed E-state index contributed by atoms with van der Waals surface area (Å²) in [5.74, 6) is 0.0572. The zero-order valence-electron chi connectivity index (χ0n) is 8.45. The number of benzene rings is 1. The van der Waals surface area contributed by atoms with Gasteiger partial charge in [0.2, 0.25) is 0 Å². The SMILES string of the molecule is Cc1cccc2c1N(C)CC(N)C2=O. The predicted molar refractivity (Wildman–Crippen MR) is 56.8 cm³/mol. The molecule has 14 heavy (non-hydrogen) atoms. The number of likely N-dealkylation sites (N-methyl/N-ethyl adjacent to an activating group) is 1. The molecule has 0 saturated heterocycles. The van der Waals surface area contributed by atoms with E-state index in [-0.39, 0.29) is 11.8 Å². The van der Waals surface area contributed by atoms with Crippen LogP contribution in [0, 0.1) is 6.92 Å². The average Bonchev–Trinajstić information content (AvgIpc) is 2.14. The lowest BCUT2D eigenvalue weighted by Crippen LogP contribution is -2.46. The second kappa shape index (κ2) is 3.10. The van der Waals surface area contributed by atoms with E-state index in [4.69, 9.17) is 5.73 Å². The molecule has 2 rings (SSSR count). The van der Waals surface area contributed by atoms with Crippen LogP contribution >= 0.6 is 0 Å². The monoisotopic (exact) mass is 190 g/mol. The first kappa shape index (κ1) is 9.21. The Bertz CT molecular complexity index is 387. The number of anilines is 1. The van der Waals surface area contributed by atoms with Gasteiger partial charge in [0.05, 0.1) is 11.7 Å². The van der Waals surface area contributed by atoms with Gasteiger partial charge in [0.25, 0.3) is 0 Å². The average molecular weight is 190 g/mol. The number of fused-ring (bicyclic) bond motifs is 1. The van der Waals surface area contributed by atoms with Gasteiger partial charge in [-0.15, -0.1) is 0 Å². The molecular formula is C11H14N2O. The van der Waals surface area contributed by atoms with Gasteiger partial charge in [0, 0.05) is 19.2 Å². The van der Waals surface area contributed by atoms with E-state index < -0.39 is 0 Å². The first-order chi connectivity index (χ1) is 6.61. The number of Topliss-reactive ketones (excluding diaryl/α,β-unsaturated/α-hetero) is 1. The molecule has 0 saturated carbocycles. The molecule has 1 heterocycles. The minimum absolute atomic E-state index is 0.0572. The summed E-state index contributed by atoms with van der Waals surface area (Å²) in [6.45, 7) is 2.62. The number of nitrogens with zero attached hydrogens (tertiary/aromatic N) is 1. The van der Waals surface area contributed by atoms with E-state index in [2.05, 4.69) is 4.90 Å². The van der Waals surface area contributed by atoms with Crippen molar-refractivity contribution in [3.63, 3.8) is 0 Å². The number of hydrogen-bond donors (Lipinski definition) is 1. The lowest BCUT2D eigenvalue weighted by Gasteiger charge is -2.31. The van der Waals surface area contributed by atoms with E-state index in [1.54, 1.807) is 0 Å². The Labute approximate surface area is 83.5 Å². The van der Waals surface area contributed by atoms with Crippen molar-refractivity contribution in [3.8, 4) is 0 Å². The van der Waals surface area contributed by atoms with E-state index in [1.807, 2.05) is 32.2 Å². The van der Waals surface area contributed by atoms with Crippen molar-refractivity contribution >= 4 is 11.5 Å². The highest BCUT2D eigenvalue weighted by Gasteiger charge is 2.28. The van der Waals surface area contributed by atoms with Gasteiger partial charge in [-0.1, -0.05) is 12.1 Å². The Morgan fingerprint density at radius 1 is 1.50 bits per heavy atom. The van der Waals surface area contributed by atoms with Gasteiger partial charge in [0.1, 0.15) is 0 Å². The highest BCUT2D eigenvalue weighted by Crippen LogP contribution is 2.28. The van der Waals surface area contributed by atoms with Crippen molar-refractivity contribution in [2.45, 2.75) is 13.0 Å². The van der Waals surface area contributed by atoms with Crippen molar-refractivity contribution in [1.82, 2.24) is 0 Å². The maximum Gasteiger partial charge on any atom is 0.183 e. The summed E-state index contributed by atoms with van der Waals surface area (Å²) >= 11 is 0. The van der Waals surface area contributed by atoms with Crippen molar-refractivity contribution in [2.75, 3.05) is 18.5 Å². The molecule has 0 fully saturated rings. The molecule has 0 aliphatic carbocycles. The number of ketones is 1. The minimum atomic E-state index is -0.380. The van der Waals surface area contributed by atoms with Gasteiger partial charge >= 0.3 is 0 Å². The molecule has 74 valence electrons. The van der Waals surface area contributed by atoms with Crippen molar-refractivity contribution in [2.24, 2.45) is 5.73 Å². The third-order valence-electron chi connectivity index (χ3n) is 2.69. The zero-order chi connectivity index (χ0) is 10.3. The smallest absolute Gasteiger partial charge is 0.183 e. The van der Waals surface area contributed by atoms with E-state index in [9.17, 15) is 4.79 Å². The molecule has 1 aliphatic heterocycles. The van der Waals surface area contributed by atoms with Gasteiger partial charge < -0.3 is 10.6 Å². The molecule has 0 bridgehead atoms. The van der Waals surface area contributed by atoms with Crippen molar-refractivity contribution < 1.29 is 4.79 Å². The van der Waals surface area contributed by atoms with Crippen molar-refractivity contribution in [3.05, 3.63) is 29.3 Å². The Morgan fingerprint density at radius 2 is 2.21 bits per heavy atom. The molecule has 0 aromatic heterocycles. The maximum atomic E-state index is 11.8. The summed E-state index contributed by atoms with van der Waals surface area (Å²) in [7, 11) is 1.97. The molecule has 3 nitrogen and oxygen atoms in total. The summed E-state index contributed by atoms with van der Waals surface area (Å²) in [6.07, 6.45) is 0. The van der Waals surface area contributed by atoms with E-state index >= 15 is 0 Å². The standard InChI is InChI=1S/C11H14N2O/c1-7-4-3-5-8-10(7)13(2)6-9(12)11(8)14/h3-5,9H,6,12H2,1-2H3. The van der Waals surface area contributed by atoms with Gasteiger partial charge in [-0.25, -0.2) is 0 Å². The summed E-state index contributed by atoms with van der Waals surface area (Å²) in [6, 6.07) is 5.38. The molecular weight excluding hydrogens is 176 g/mol. The molecule has 3 heteroatoms. The molecule has 0 radical (unpaired) electrons. The lowest BCUT2D eigenvalue weighted by molar-refractivity contribution is 0.0958. The predicted octanol–water partition coefficient (Wildman–Crippen LogP) is 0.955. The van der Waals surface area contributed by atoms with Crippen LogP contribution in [0.15, 0.2) is 18.2 Å². The highest BCUT2D eigenvalue weighted by atomic mass is 16.1. The molecule has 1 aliphatic rings. The number of carbonyl (C=O) groups excluding carboxylic acids is 1. The van der Waals surface area contributed by atoms with Gasteiger partial charge in [0.15, 0.2) is 5.78 Å². The Morgan fingerprint density at radius 3 is 2.93 bits per heavy atom. The topological polar surface area (TPSA) is 46.3 Å². The fourth-order valence-electron chi connectivity index (χ4n) is 2.03. The fourth-order valence-corrected chi connectivity index (χ4v) is 2.03. The Hall–Kier alpha value is -1.35. The second-order valence-electron chi connectivity index (χ2n) is 3.82. The first-order valence-corrected chi connectivity index (χ1v) is 4.72. The highest BCUT2D eigenvalue weighted by molar-refractivity contribution is 6.07. The number of nitrogens with two attached hydrogens (primary N) is 1. The zero-order valence-corrected chi connectivity index (χ0v) is 8.45. The fraction of sp³-hybridized carbons (Fsp3) is 0.364. The van der Waals surface area contributed by atoms with E-state index in [0.29, 0.717) is 6.54 Å². The second-order valence-corrected chi connectivity index (χ2v) is 3.82. The molecule has 0 amide bonds. The third kappa shape index (κ3) is 1.21. The number of aryl methyl sites for hydroxylation is 1. The molecule has 1 aromatic carbocycles. The largest absolute Gasteiger partial charge is 0.372 e. The first-order valence-electron chi connectivity index (χ1n) is 4.72. The number of hydrogen-bond acceptors (Lipinski definition) is 3. The minimum Gasteiger partial charge on any atom is -0.372 e. The van der Waals surface area contributed by atoms with Gasteiger partial charge in [-0.3, -0.25) is 4.79 Å². The third-order valence-corrected chi connectivity index (χ3v) is 2.69. The molecule has 1 aromatic rings. The molecule has 1 atom stereocenters. The van der Waals surface area contributed by atoms with Crippen LogP contribution in [0.1, 0.15) is 15.9 Å². The Balaban J connectivity index is 2.61. The van der Waals surface area contributed by atoms with Crippen LogP contribution in [0.4, 0.5) is 5.69 Å². The van der Waals surface area contributed by atoms with E-state index in [1.165, 1.54) is 0 Å². The summed E-state index contributed by atoms with van der Waals surface area (Å²) in [4.78, 5) is 13.8. The normalized spacial score (nSPS) is 20.9. The van der Waals surface area contributed by atoms with Crippen LogP contribution in [0.2, 0.25) is 0 Å². The number of carbonyl (C=O) groups is 1. The maximum absolute atomic E-state index is 11.8. The lowest BCUT2D eigenvalue weighted by atomic mass is 9.95. The summed E-state index contributed by atoms with van der Waals surface area (Å²) < 4.78 is 0. The van der Waals surface area contributed by atoms with Crippen LogP contribution in [0.3, 0.4) is 0 Å². The quantitative estimate of drug-likeness (QED) is 0.662. The van der Waals surface area contributed by atoms with Crippen LogP contribution in [-0.2, 0) is 0 Å². The molecule has 0 spiro atoms. The van der Waals surface area contributed by atoms with Crippen LogP contribution < -0.4 is 10.6 Å².